The molecular weight excluding hydrogens is 492 g/mol. The number of thiophene rings is 1. The third-order valence-corrected chi connectivity index (χ3v) is 7.69. The average molecular weight is 509 g/mol. The maximum Gasteiger partial charge on any atom is 0.416 e. The van der Waals surface area contributed by atoms with Crippen molar-refractivity contribution in [3.05, 3.63) is 88.6 Å². The van der Waals surface area contributed by atoms with E-state index in [2.05, 4.69) is 10.0 Å². The van der Waals surface area contributed by atoms with Crippen LogP contribution in [0.2, 0.25) is 0 Å². The van der Waals surface area contributed by atoms with E-state index in [9.17, 15) is 30.8 Å². The second kappa shape index (κ2) is 8.73. The Morgan fingerprint density at radius 2 is 1.59 bits per heavy atom. The van der Waals surface area contributed by atoms with Gasteiger partial charge in [-0.2, -0.15) is 13.2 Å². The van der Waals surface area contributed by atoms with Crippen LogP contribution >= 0.6 is 11.3 Å². The summed E-state index contributed by atoms with van der Waals surface area (Å²) in [5.74, 6) is -1.56. The van der Waals surface area contributed by atoms with Gasteiger partial charge < -0.3 is 5.32 Å². The van der Waals surface area contributed by atoms with Crippen molar-refractivity contribution in [2.24, 2.45) is 0 Å². The average Bonchev–Trinajstić information content (AvgIpc) is 3.10. The molecule has 1 amide bonds. The van der Waals surface area contributed by atoms with E-state index >= 15 is 0 Å². The first-order valence-corrected chi connectivity index (χ1v) is 12.1. The van der Waals surface area contributed by atoms with Gasteiger partial charge in [-0.25, -0.2) is 12.8 Å². The molecule has 3 aromatic carbocycles. The molecule has 4 rings (SSSR count). The summed E-state index contributed by atoms with van der Waals surface area (Å²) in [7, 11) is -4.29. The Bertz CT molecular complexity index is 1510. The fourth-order valence-corrected chi connectivity index (χ4v) is 5.58. The monoisotopic (exact) mass is 508 g/mol. The summed E-state index contributed by atoms with van der Waals surface area (Å²) in [5, 5.41) is 2.89. The van der Waals surface area contributed by atoms with Gasteiger partial charge in [0.2, 0.25) is 0 Å². The third kappa shape index (κ3) is 4.62. The molecule has 176 valence electrons. The van der Waals surface area contributed by atoms with Gasteiger partial charge in [0.1, 0.15) is 10.7 Å². The predicted octanol–water partition coefficient (Wildman–Crippen LogP) is 6.42. The normalized spacial score (nSPS) is 12.0. The second-order valence-corrected chi connectivity index (χ2v) is 10.0. The molecule has 0 aliphatic heterocycles. The third-order valence-electron chi connectivity index (χ3n) is 5.02. The SMILES string of the molecule is Cc1c(C(=O)Nc2ccccc2NS(=O)(=O)c2ccccc2F)sc2ccc(C(F)(F)F)cc12. The highest BCUT2D eigenvalue weighted by molar-refractivity contribution is 7.92. The Morgan fingerprint density at radius 1 is 0.941 bits per heavy atom. The van der Waals surface area contributed by atoms with E-state index in [0.29, 0.717) is 15.6 Å². The number of aryl methyl sites for hydroxylation is 1. The fraction of sp³-hybridized carbons (Fsp3) is 0.0870. The molecule has 0 bridgehead atoms. The van der Waals surface area contributed by atoms with Crippen molar-refractivity contribution < 1.29 is 30.8 Å². The lowest BCUT2D eigenvalue weighted by atomic mass is 10.1. The topological polar surface area (TPSA) is 75.3 Å². The number of fused-ring (bicyclic) bond motifs is 1. The Balaban J connectivity index is 1.65. The van der Waals surface area contributed by atoms with E-state index in [1.807, 2.05) is 0 Å². The molecule has 4 aromatic rings. The molecule has 0 unspecified atom stereocenters. The number of halogens is 4. The lowest BCUT2D eigenvalue weighted by Gasteiger charge is -2.14. The summed E-state index contributed by atoms with van der Waals surface area (Å²) >= 11 is 1.02. The number of rotatable bonds is 5. The Morgan fingerprint density at radius 3 is 2.26 bits per heavy atom. The molecule has 0 spiro atoms. The zero-order chi connectivity index (χ0) is 24.7. The summed E-state index contributed by atoms with van der Waals surface area (Å²) in [5.41, 5.74) is -0.355. The van der Waals surface area contributed by atoms with Crippen LogP contribution in [-0.4, -0.2) is 14.3 Å². The lowest BCUT2D eigenvalue weighted by Crippen LogP contribution is -2.18. The maximum atomic E-state index is 14.0. The van der Waals surface area contributed by atoms with E-state index in [0.717, 1.165) is 35.6 Å². The highest BCUT2D eigenvalue weighted by Crippen LogP contribution is 2.37. The second-order valence-electron chi connectivity index (χ2n) is 7.30. The fourth-order valence-electron chi connectivity index (χ4n) is 3.34. The molecular formula is C23H16F4N2O3S2. The molecule has 0 aliphatic rings. The lowest BCUT2D eigenvalue weighted by molar-refractivity contribution is -0.137. The first kappa shape index (κ1) is 23.7. The Hall–Kier alpha value is -3.44. The summed E-state index contributed by atoms with van der Waals surface area (Å²) in [6.07, 6.45) is -4.51. The van der Waals surface area contributed by atoms with Crippen LogP contribution in [0.4, 0.5) is 28.9 Å². The molecule has 0 radical (unpaired) electrons. The number of carbonyl (C=O) groups excluding carboxylic acids is 1. The minimum Gasteiger partial charge on any atom is -0.319 e. The molecule has 34 heavy (non-hydrogen) atoms. The van der Waals surface area contributed by atoms with Gasteiger partial charge in [-0.1, -0.05) is 24.3 Å². The van der Waals surface area contributed by atoms with Crippen LogP contribution in [-0.2, 0) is 16.2 Å². The first-order chi connectivity index (χ1) is 16.0. The van der Waals surface area contributed by atoms with Gasteiger partial charge in [-0.3, -0.25) is 9.52 Å². The number of para-hydroxylation sites is 2. The van der Waals surface area contributed by atoms with E-state index in [1.54, 1.807) is 13.0 Å². The van der Waals surface area contributed by atoms with Gasteiger partial charge in [-0.05, 0) is 60.3 Å². The molecule has 0 aliphatic carbocycles. The molecule has 11 heteroatoms. The Kier molecular flexibility index (Phi) is 6.09. The van der Waals surface area contributed by atoms with Gasteiger partial charge >= 0.3 is 6.18 Å². The summed E-state index contributed by atoms with van der Waals surface area (Å²) in [4.78, 5) is 12.6. The van der Waals surface area contributed by atoms with Crippen molar-refractivity contribution >= 4 is 48.7 Å². The van der Waals surface area contributed by atoms with Gasteiger partial charge in [0.15, 0.2) is 0 Å². The number of anilines is 2. The van der Waals surface area contributed by atoms with Crippen LogP contribution in [0.5, 0.6) is 0 Å². The van der Waals surface area contributed by atoms with Crippen molar-refractivity contribution in [1.29, 1.82) is 0 Å². The highest BCUT2D eigenvalue weighted by atomic mass is 32.2. The molecule has 5 nitrogen and oxygen atoms in total. The van der Waals surface area contributed by atoms with Gasteiger partial charge in [-0.15, -0.1) is 11.3 Å². The number of benzene rings is 3. The number of carbonyl (C=O) groups is 1. The van der Waals surface area contributed by atoms with E-state index in [-0.39, 0.29) is 16.3 Å². The maximum absolute atomic E-state index is 14.0. The number of nitrogens with one attached hydrogen (secondary N) is 2. The summed E-state index contributed by atoms with van der Waals surface area (Å²) in [6, 6.07) is 14.0. The van der Waals surface area contributed by atoms with Crippen molar-refractivity contribution in [2.45, 2.75) is 18.0 Å². The number of alkyl halides is 3. The summed E-state index contributed by atoms with van der Waals surface area (Å²) < 4.78 is 81.3. The van der Waals surface area contributed by atoms with E-state index < -0.39 is 38.4 Å². The molecule has 0 saturated carbocycles. The molecule has 2 N–H and O–H groups in total. The van der Waals surface area contributed by atoms with Crippen LogP contribution in [0.3, 0.4) is 0 Å². The standard InChI is InChI=1S/C23H16F4N2O3S2/c1-13-15-12-14(23(25,26)27)10-11-19(15)33-21(13)22(30)28-17-7-3-4-8-18(17)29-34(31,32)20-9-5-2-6-16(20)24/h2-12,29H,1H3,(H,28,30). The minimum atomic E-state index is -4.51. The quantitative estimate of drug-likeness (QED) is 0.306. The van der Waals surface area contributed by atoms with Crippen molar-refractivity contribution in [3.8, 4) is 0 Å². The van der Waals surface area contributed by atoms with Gasteiger partial charge in [0, 0.05) is 4.70 Å². The molecule has 1 heterocycles. The van der Waals surface area contributed by atoms with Crippen LogP contribution in [0.1, 0.15) is 20.8 Å². The number of hydrogen-bond donors (Lipinski definition) is 2. The number of amides is 1. The van der Waals surface area contributed by atoms with E-state index in [4.69, 9.17) is 0 Å². The largest absolute Gasteiger partial charge is 0.416 e. The van der Waals surface area contributed by atoms with Crippen molar-refractivity contribution in [1.82, 2.24) is 0 Å². The number of hydrogen-bond acceptors (Lipinski definition) is 4. The highest BCUT2D eigenvalue weighted by Gasteiger charge is 2.31. The molecule has 1 aromatic heterocycles. The minimum absolute atomic E-state index is 0.00257. The Labute approximate surface area is 196 Å². The summed E-state index contributed by atoms with van der Waals surface area (Å²) in [6.45, 7) is 1.54. The molecule has 0 saturated heterocycles. The predicted molar refractivity (Wildman–Crippen MR) is 123 cm³/mol. The zero-order valence-electron chi connectivity index (χ0n) is 17.4. The smallest absolute Gasteiger partial charge is 0.319 e. The van der Waals surface area contributed by atoms with Gasteiger partial charge in [0.05, 0.1) is 21.8 Å². The molecule has 0 fully saturated rings. The van der Waals surface area contributed by atoms with Crippen molar-refractivity contribution in [2.75, 3.05) is 10.0 Å². The van der Waals surface area contributed by atoms with Crippen LogP contribution in [0.25, 0.3) is 10.1 Å². The van der Waals surface area contributed by atoms with Gasteiger partial charge in [0.25, 0.3) is 15.9 Å². The van der Waals surface area contributed by atoms with Crippen LogP contribution < -0.4 is 10.0 Å². The van der Waals surface area contributed by atoms with Crippen molar-refractivity contribution in [3.63, 3.8) is 0 Å². The molecule has 0 atom stereocenters. The van der Waals surface area contributed by atoms with Crippen LogP contribution in [0.15, 0.2) is 71.6 Å². The zero-order valence-corrected chi connectivity index (χ0v) is 19.0. The van der Waals surface area contributed by atoms with Crippen LogP contribution in [0, 0.1) is 12.7 Å². The van der Waals surface area contributed by atoms with E-state index in [1.165, 1.54) is 36.4 Å². The number of sulfonamides is 1. The first-order valence-electron chi connectivity index (χ1n) is 9.75.